The molecule has 0 saturated heterocycles. The van der Waals surface area contributed by atoms with Crippen LogP contribution in [0.3, 0.4) is 0 Å². The van der Waals surface area contributed by atoms with Gasteiger partial charge in [-0.25, -0.2) is 9.48 Å². The summed E-state index contributed by atoms with van der Waals surface area (Å²) in [7, 11) is 1.60. The van der Waals surface area contributed by atoms with Crippen molar-refractivity contribution in [1.29, 1.82) is 0 Å². The van der Waals surface area contributed by atoms with E-state index in [0.29, 0.717) is 12.3 Å². The van der Waals surface area contributed by atoms with E-state index in [-0.39, 0.29) is 11.6 Å². The molecule has 5 rings (SSSR count). The number of carbonyl (C=O) groups is 1. The SMILES string of the molecule is COc1ccc(Cn2nnc(C(=O)O)c2Oc2ccc(-c3ccc4ncccc4c3)cc2)cc1. The second-order valence-corrected chi connectivity index (χ2v) is 7.59. The van der Waals surface area contributed by atoms with Crippen LogP contribution in [0.2, 0.25) is 0 Å². The summed E-state index contributed by atoms with van der Waals surface area (Å²) in [6, 6.07) is 24.8. The van der Waals surface area contributed by atoms with Crippen molar-refractivity contribution in [1.82, 2.24) is 20.0 Å². The molecule has 0 radical (unpaired) electrons. The van der Waals surface area contributed by atoms with E-state index < -0.39 is 5.97 Å². The van der Waals surface area contributed by atoms with E-state index in [1.54, 1.807) is 25.4 Å². The highest BCUT2D eigenvalue weighted by atomic mass is 16.5. The van der Waals surface area contributed by atoms with Crippen LogP contribution in [0, 0.1) is 0 Å². The zero-order chi connectivity index (χ0) is 23.5. The number of benzene rings is 3. The number of nitrogens with zero attached hydrogens (tertiary/aromatic N) is 4. The third kappa shape index (κ3) is 4.29. The molecule has 0 spiro atoms. The molecule has 0 bridgehead atoms. The molecule has 2 aromatic heterocycles. The van der Waals surface area contributed by atoms with E-state index in [9.17, 15) is 9.90 Å². The first-order valence-electron chi connectivity index (χ1n) is 10.5. The lowest BCUT2D eigenvalue weighted by molar-refractivity contribution is 0.0687. The van der Waals surface area contributed by atoms with Gasteiger partial charge in [0.2, 0.25) is 5.69 Å². The lowest BCUT2D eigenvalue weighted by atomic mass is 10.0. The van der Waals surface area contributed by atoms with Gasteiger partial charge in [0.15, 0.2) is 0 Å². The van der Waals surface area contributed by atoms with Crippen molar-refractivity contribution >= 4 is 16.9 Å². The normalized spacial score (nSPS) is 10.9. The van der Waals surface area contributed by atoms with Crippen molar-refractivity contribution < 1.29 is 19.4 Å². The van der Waals surface area contributed by atoms with E-state index in [4.69, 9.17) is 9.47 Å². The van der Waals surface area contributed by atoms with E-state index in [0.717, 1.165) is 33.3 Å². The average molecular weight is 452 g/mol. The summed E-state index contributed by atoms with van der Waals surface area (Å²) in [4.78, 5) is 16.0. The van der Waals surface area contributed by atoms with Gasteiger partial charge in [0, 0.05) is 11.6 Å². The summed E-state index contributed by atoms with van der Waals surface area (Å²) < 4.78 is 12.5. The minimum atomic E-state index is -1.21. The Morgan fingerprint density at radius 2 is 1.68 bits per heavy atom. The largest absolute Gasteiger partial charge is 0.497 e. The van der Waals surface area contributed by atoms with Gasteiger partial charge < -0.3 is 14.6 Å². The molecule has 0 amide bonds. The summed E-state index contributed by atoms with van der Waals surface area (Å²) in [5.41, 5.74) is 3.63. The van der Waals surface area contributed by atoms with Crippen molar-refractivity contribution in [2.45, 2.75) is 6.54 Å². The first-order valence-corrected chi connectivity index (χ1v) is 10.5. The van der Waals surface area contributed by atoms with E-state index >= 15 is 0 Å². The Morgan fingerprint density at radius 3 is 2.41 bits per heavy atom. The van der Waals surface area contributed by atoms with Gasteiger partial charge in [-0.2, -0.15) is 0 Å². The lowest BCUT2D eigenvalue weighted by Crippen LogP contribution is -2.06. The fourth-order valence-electron chi connectivity index (χ4n) is 3.63. The van der Waals surface area contributed by atoms with Gasteiger partial charge in [-0.1, -0.05) is 41.6 Å². The topological polar surface area (TPSA) is 99.4 Å². The van der Waals surface area contributed by atoms with Gasteiger partial charge >= 0.3 is 5.97 Å². The van der Waals surface area contributed by atoms with Gasteiger partial charge in [0.05, 0.1) is 19.2 Å². The molecule has 3 aromatic carbocycles. The number of rotatable bonds is 7. The smallest absolute Gasteiger partial charge is 0.362 e. The molecular formula is C26H20N4O4. The van der Waals surface area contributed by atoms with Crippen LogP contribution >= 0.6 is 0 Å². The molecule has 0 unspecified atom stereocenters. The number of fused-ring (bicyclic) bond motifs is 1. The maximum absolute atomic E-state index is 11.7. The Bertz CT molecular complexity index is 1460. The lowest BCUT2D eigenvalue weighted by Gasteiger charge is -2.10. The van der Waals surface area contributed by atoms with Crippen LogP contribution in [0.25, 0.3) is 22.0 Å². The first-order chi connectivity index (χ1) is 16.6. The molecule has 8 heteroatoms. The standard InChI is InChI=1S/C26H20N4O4/c1-33-21-9-4-17(5-10-21)16-30-25(24(26(31)32)28-29-30)34-22-11-6-18(7-12-22)19-8-13-23-20(15-19)3-2-14-27-23/h2-15H,16H2,1H3,(H,31,32). The minimum Gasteiger partial charge on any atom is -0.497 e. The van der Waals surface area contributed by atoms with Crippen LogP contribution in [0.15, 0.2) is 85.1 Å². The predicted octanol–water partition coefficient (Wildman–Crippen LogP) is 5.04. The van der Waals surface area contributed by atoms with Crippen molar-refractivity contribution in [3.63, 3.8) is 0 Å². The number of hydrogen-bond acceptors (Lipinski definition) is 6. The molecule has 5 aromatic rings. The average Bonchev–Trinajstić information content (AvgIpc) is 3.27. The third-order valence-corrected chi connectivity index (χ3v) is 5.39. The highest BCUT2D eigenvalue weighted by molar-refractivity contribution is 5.88. The number of hydrogen-bond donors (Lipinski definition) is 1. The fraction of sp³-hybridized carbons (Fsp3) is 0.0769. The zero-order valence-electron chi connectivity index (χ0n) is 18.3. The Labute approximate surface area is 195 Å². The predicted molar refractivity (Wildman–Crippen MR) is 126 cm³/mol. The molecule has 8 nitrogen and oxygen atoms in total. The monoisotopic (exact) mass is 452 g/mol. The van der Waals surface area contributed by atoms with E-state index in [2.05, 4.69) is 21.4 Å². The molecule has 0 aliphatic carbocycles. The number of aromatic carboxylic acids is 1. The maximum Gasteiger partial charge on any atom is 0.362 e. The number of carboxylic acid groups (broad SMARTS) is 1. The zero-order valence-corrected chi connectivity index (χ0v) is 18.3. The first kappa shape index (κ1) is 21.1. The maximum atomic E-state index is 11.7. The Kier molecular flexibility index (Phi) is 5.61. The van der Waals surface area contributed by atoms with Crippen LogP contribution in [0.5, 0.6) is 17.4 Å². The molecule has 0 aliphatic rings. The second-order valence-electron chi connectivity index (χ2n) is 7.59. The van der Waals surface area contributed by atoms with Crippen LogP contribution < -0.4 is 9.47 Å². The van der Waals surface area contributed by atoms with Gasteiger partial charge in [-0.15, -0.1) is 5.10 Å². The van der Waals surface area contributed by atoms with Crippen molar-refractivity contribution in [3.05, 3.63) is 96.3 Å². The highest BCUT2D eigenvalue weighted by Crippen LogP contribution is 2.29. The number of methoxy groups -OCH3 is 1. The molecule has 0 aliphatic heterocycles. The molecule has 0 fully saturated rings. The summed E-state index contributed by atoms with van der Waals surface area (Å²) in [5.74, 6) is 0.0602. The summed E-state index contributed by atoms with van der Waals surface area (Å²) in [6.45, 7) is 0.294. The van der Waals surface area contributed by atoms with Crippen LogP contribution in [0.4, 0.5) is 0 Å². The highest BCUT2D eigenvalue weighted by Gasteiger charge is 2.22. The number of ether oxygens (including phenoxy) is 2. The van der Waals surface area contributed by atoms with Crippen LogP contribution in [0.1, 0.15) is 16.1 Å². The summed E-state index contributed by atoms with van der Waals surface area (Å²) in [5, 5.41) is 18.4. The molecule has 168 valence electrons. The third-order valence-electron chi connectivity index (χ3n) is 5.39. The number of carboxylic acids is 1. The molecule has 2 heterocycles. The van der Waals surface area contributed by atoms with Gasteiger partial charge in [0.25, 0.3) is 5.88 Å². The Balaban J connectivity index is 1.40. The van der Waals surface area contributed by atoms with Crippen LogP contribution in [-0.4, -0.2) is 38.2 Å². The van der Waals surface area contributed by atoms with Crippen molar-refractivity contribution in [2.24, 2.45) is 0 Å². The van der Waals surface area contributed by atoms with Crippen molar-refractivity contribution in [2.75, 3.05) is 7.11 Å². The van der Waals surface area contributed by atoms with Crippen LogP contribution in [-0.2, 0) is 6.54 Å². The number of pyridine rings is 1. The Morgan fingerprint density at radius 1 is 0.941 bits per heavy atom. The summed E-state index contributed by atoms with van der Waals surface area (Å²) in [6.07, 6.45) is 1.77. The molecule has 0 atom stereocenters. The van der Waals surface area contributed by atoms with E-state index in [1.165, 1.54) is 4.68 Å². The fourth-order valence-corrected chi connectivity index (χ4v) is 3.63. The van der Waals surface area contributed by atoms with Gasteiger partial charge in [0.1, 0.15) is 11.5 Å². The number of aromatic nitrogens is 4. The Hall–Kier alpha value is -4.72. The quantitative estimate of drug-likeness (QED) is 0.369. The second kappa shape index (κ2) is 9.03. The van der Waals surface area contributed by atoms with Crippen molar-refractivity contribution in [3.8, 4) is 28.5 Å². The molecule has 1 N–H and O–H groups in total. The molecular weight excluding hydrogens is 432 g/mol. The van der Waals surface area contributed by atoms with Gasteiger partial charge in [-0.3, -0.25) is 4.98 Å². The minimum absolute atomic E-state index is 0.0628. The molecule has 0 saturated carbocycles. The van der Waals surface area contributed by atoms with E-state index in [1.807, 2.05) is 60.7 Å². The summed E-state index contributed by atoms with van der Waals surface area (Å²) >= 11 is 0. The van der Waals surface area contributed by atoms with Gasteiger partial charge in [-0.05, 0) is 59.2 Å². The molecule has 34 heavy (non-hydrogen) atoms.